The van der Waals surface area contributed by atoms with Gasteiger partial charge in [-0.15, -0.1) is 0 Å². The first-order valence-electron chi connectivity index (χ1n) is 7.60. The van der Waals surface area contributed by atoms with E-state index in [-0.39, 0.29) is 5.82 Å². The highest BCUT2D eigenvalue weighted by Crippen LogP contribution is 2.15. The Bertz CT molecular complexity index is 590. The predicted octanol–water partition coefficient (Wildman–Crippen LogP) is 3.23. The average molecular weight is 289 g/mol. The summed E-state index contributed by atoms with van der Waals surface area (Å²) in [5.41, 5.74) is 4.49. The van der Waals surface area contributed by atoms with Gasteiger partial charge >= 0.3 is 0 Å². The molecule has 1 heterocycles. The van der Waals surface area contributed by atoms with Crippen LogP contribution in [-0.4, -0.2) is 22.9 Å². The van der Waals surface area contributed by atoms with E-state index in [1.807, 2.05) is 17.7 Å². The van der Waals surface area contributed by atoms with Gasteiger partial charge < -0.3 is 5.32 Å². The molecule has 0 spiro atoms. The minimum atomic E-state index is -0.196. The van der Waals surface area contributed by atoms with Crippen LogP contribution >= 0.6 is 0 Å². The Kier molecular flexibility index (Phi) is 5.51. The zero-order valence-corrected chi connectivity index (χ0v) is 13.1. The second-order valence-electron chi connectivity index (χ2n) is 5.44. The van der Waals surface area contributed by atoms with E-state index >= 15 is 0 Å². The summed E-state index contributed by atoms with van der Waals surface area (Å²) < 4.78 is 15.2. The third-order valence-electron chi connectivity index (χ3n) is 3.73. The highest BCUT2D eigenvalue weighted by atomic mass is 19.1. The van der Waals surface area contributed by atoms with Gasteiger partial charge in [-0.25, -0.2) is 4.39 Å². The predicted molar refractivity (Wildman–Crippen MR) is 84.1 cm³/mol. The Morgan fingerprint density at radius 3 is 2.76 bits per heavy atom. The fourth-order valence-electron chi connectivity index (χ4n) is 2.57. The summed E-state index contributed by atoms with van der Waals surface area (Å²) in [5.74, 6) is -0.196. The topological polar surface area (TPSA) is 29.9 Å². The number of aryl methyl sites for hydroxylation is 1. The number of benzene rings is 1. The van der Waals surface area contributed by atoms with Crippen LogP contribution in [0.25, 0.3) is 0 Å². The van der Waals surface area contributed by atoms with Crippen LogP contribution in [0.2, 0.25) is 0 Å². The van der Waals surface area contributed by atoms with Crippen molar-refractivity contribution < 1.29 is 4.39 Å². The molecule has 0 atom stereocenters. The Hall–Kier alpha value is -1.68. The number of halogens is 1. The van der Waals surface area contributed by atoms with Gasteiger partial charge in [0.05, 0.1) is 12.2 Å². The Balaban J connectivity index is 2.07. The molecule has 0 aliphatic rings. The van der Waals surface area contributed by atoms with Gasteiger partial charge in [0.2, 0.25) is 0 Å². The number of rotatable bonds is 7. The van der Waals surface area contributed by atoms with E-state index in [1.54, 1.807) is 12.1 Å². The van der Waals surface area contributed by atoms with Crippen molar-refractivity contribution in [3.05, 3.63) is 52.6 Å². The maximum absolute atomic E-state index is 13.3. The quantitative estimate of drug-likeness (QED) is 0.793. The largest absolute Gasteiger partial charge is 0.316 e. The molecule has 4 heteroatoms. The van der Waals surface area contributed by atoms with Crippen LogP contribution in [0.4, 0.5) is 4.39 Å². The molecular formula is C17H24FN3. The molecule has 21 heavy (non-hydrogen) atoms. The smallest absolute Gasteiger partial charge is 0.123 e. The van der Waals surface area contributed by atoms with E-state index in [0.29, 0.717) is 6.54 Å². The van der Waals surface area contributed by atoms with Gasteiger partial charge in [-0.3, -0.25) is 4.68 Å². The highest BCUT2D eigenvalue weighted by molar-refractivity contribution is 5.26. The Morgan fingerprint density at radius 2 is 2.05 bits per heavy atom. The molecule has 0 radical (unpaired) electrons. The second kappa shape index (κ2) is 7.36. The van der Waals surface area contributed by atoms with E-state index in [2.05, 4.69) is 24.3 Å². The number of aromatic nitrogens is 2. The van der Waals surface area contributed by atoms with Crippen LogP contribution < -0.4 is 5.32 Å². The summed E-state index contributed by atoms with van der Waals surface area (Å²) in [7, 11) is 0. The van der Waals surface area contributed by atoms with Crippen molar-refractivity contribution in [3.8, 4) is 0 Å². The molecule has 0 saturated carbocycles. The van der Waals surface area contributed by atoms with Crippen LogP contribution in [0, 0.1) is 19.7 Å². The number of nitrogens with one attached hydrogen (secondary N) is 1. The highest BCUT2D eigenvalue weighted by Gasteiger charge is 2.11. The van der Waals surface area contributed by atoms with Gasteiger partial charge in [-0.1, -0.05) is 19.1 Å². The Labute approximate surface area is 126 Å². The first kappa shape index (κ1) is 15.7. The lowest BCUT2D eigenvalue weighted by molar-refractivity contribution is 0.615. The van der Waals surface area contributed by atoms with E-state index in [0.717, 1.165) is 37.2 Å². The van der Waals surface area contributed by atoms with Crippen molar-refractivity contribution in [1.29, 1.82) is 0 Å². The molecule has 0 unspecified atom stereocenters. The van der Waals surface area contributed by atoms with E-state index in [9.17, 15) is 4.39 Å². The molecule has 114 valence electrons. The van der Waals surface area contributed by atoms with Crippen LogP contribution in [0.5, 0.6) is 0 Å². The zero-order valence-electron chi connectivity index (χ0n) is 13.1. The zero-order chi connectivity index (χ0) is 15.2. The van der Waals surface area contributed by atoms with Crippen molar-refractivity contribution in [2.45, 2.75) is 40.2 Å². The van der Waals surface area contributed by atoms with Crippen molar-refractivity contribution in [3.63, 3.8) is 0 Å². The monoisotopic (exact) mass is 289 g/mol. The van der Waals surface area contributed by atoms with Crippen LogP contribution in [-0.2, 0) is 13.0 Å². The standard InChI is InChI=1S/C17H24FN3/c1-4-9-19-10-8-17-13(2)20-21(14(17)3)12-15-6-5-7-16(18)11-15/h5-7,11,19H,4,8-10,12H2,1-3H3. The molecular weight excluding hydrogens is 265 g/mol. The van der Waals surface area contributed by atoms with Crippen LogP contribution in [0.3, 0.4) is 0 Å². The van der Waals surface area contributed by atoms with Gasteiger partial charge in [0.15, 0.2) is 0 Å². The molecule has 2 rings (SSSR count). The SMILES string of the molecule is CCCNCCc1c(C)nn(Cc2cccc(F)c2)c1C. The van der Waals surface area contributed by atoms with Crippen molar-refractivity contribution >= 4 is 0 Å². The van der Waals surface area contributed by atoms with Crippen molar-refractivity contribution in [1.82, 2.24) is 15.1 Å². The normalized spacial score (nSPS) is 11.0. The van der Waals surface area contributed by atoms with E-state index in [1.165, 1.54) is 17.3 Å². The first-order valence-corrected chi connectivity index (χ1v) is 7.60. The summed E-state index contributed by atoms with van der Waals surface area (Å²) in [5, 5.41) is 8.02. The van der Waals surface area contributed by atoms with Crippen molar-refractivity contribution in [2.24, 2.45) is 0 Å². The first-order chi connectivity index (χ1) is 10.1. The summed E-state index contributed by atoms with van der Waals surface area (Å²) in [4.78, 5) is 0. The summed E-state index contributed by atoms with van der Waals surface area (Å²) in [6.45, 7) is 8.95. The number of hydrogen-bond acceptors (Lipinski definition) is 2. The van der Waals surface area contributed by atoms with Crippen LogP contribution in [0.1, 0.15) is 35.9 Å². The average Bonchev–Trinajstić information content (AvgIpc) is 2.70. The minimum absolute atomic E-state index is 0.196. The van der Waals surface area contributed by atoms with Gasteiger partial charge in [0.25, 0.3) is 0 Å². The maximum Gasteiger partial charge on any atom is 0.123 e. The minimum Gasteiger partial charge on any atom is -0.316 e. The summed E-state index contributed by atoms with van der Waals surface area (Å²) >= 11 is 0. The fourth-order valence-corrected chi connectivity index (χ4v) is 2.57. The lowest BCUT2D eigenvalue weighted by Gasteiger charge is -2.07. The van der Waals surface area contributed by atoms with Crippen molar-refractivity contribution in [2.75, 3.05) is 13.1 Å². The third kappa shape index (κ3) is 4.14. The number of hydrogen-bond donors (Lipinski definition) is 1. The van der Waals surface area contributed by atoms with Gasteiger partial charge in [0.1, 0.15) is 5.82 Å². The van der Waals surface area contributed by atoms with Gasteiger partial charge in [-0.05, 0) is 63.0 Å². The maximum atomic E-state index is 13.3. The summed E-state index contributed by atoms with van der Waals surface area (Å²) in [6, 6.07) is 6.71. The van der Waals surface area contributed by atoms with Gasteiger partial charge in [-0.2, -0.15) is 5.10 Å². The fraction of sp³-hybridized carbons (Fsp3) is 0.471. The van der Waals surface area contributed by atoms with Gasteiger partial charge in [0, 0.05) is 5.69 Å². The molecule has 3 nitrogen and oxygen atoms in total. The third-order valence-corrected chi connectivity index (χ3v) is 3.73. The lowest BCUT2D eigenvalue weighted by Crippen LogP contribution is -2.18. The Morgan fingerprint density at radius 1 is 1.24 bits per heavy atom. The van der Waals surface area contributed by atoms with E-state index < -0.39 is 0 Å². The second-order valence-corrected chi connectivity index (χ2v) is 5.44. The van der Waals surface area contributed by atoms with E-state index in [4.69, 9.17) is 0 Å². The molecule has 0 saturated heterocycles. The molecule has 1 N–H and O–H groups in total. The van der Waals surface area contributed by atoms with Crippen LogP contribution in [0.15, 0.2) is 24.3 Å². The lowest BCUT2D eigenvalue weighted by atomic mass is 10.1. The molecule has 1 aromatic heterocycles. The number of nitrogens with zero attached hydrogens (tertiary/aromatic N) is 2. The molecule has 0 aliphatic carbocycles. The molecule has 2 aromatic rings. The molecule has 0 aliphatic heterocycles. The molecule has 1 aromatic carbocycles. The molecule has 0 amide bonds. The molecule has 0 bridgehead atoms. The molecule has 0 fully saturated rings. The summed E-state index contributed by atoms with van der Waals surface area (Å²) in [6.07, 6.45) is 2.14.